The van der Waals surface area contributed by atoms with Crippen LogP contribution in [0.5, 0.6) is 5.75 Å². The molecule has 26 heavy (non-hydrogen) atoms. The molecular formula is C21H26N2O2S. The van der Waals surface area contributed by atoms with Gasteiger partial charge in [-0.15, -0.1) is 0 Å². The summed E-state index contributed by atoms with van der Waals surface area (Å²) in [4.78, 5) is 12.1. The van der Waals surface area contributed by atoms with Gasteiger partial charge in [0.15, 0.2) is 5.11 Å². The zero-order valence-corrected chi connectivity index (χ0v) is 16.2. The minimum Gasteiger partial charge on any atom is -0.494 e. The van der Waals surface area contributed by atoms with Gasteiger partial charge < -0.3 is 10.1 Å². The summed E-state index contributed by atoms with van der Waals surface area (Å²) < 4.78 is 5.71. The molecule has 0 aromatic heterocycles. The molecule has 2 N–H and O–H groups in total. The van der Waals surface area contributed by atoms with Gasteiger partial charge in [-0.3, -0.25) is 10.1 Å². The maximum Gasteiger partial charge on any atom is 0.257 e. The average molecular weight is 371 g/mol. The first kappa shape index (κ1) is 19.9. The highest BCUT2D eigenvalue weighted by atomic mass is 32.1. The van der Waals surface area contributed by atoms with Crippen LogP contribution in [0.3, 0.4) is 0 Å². The van der Waals surface area contributed by atoms with Crippen LogP contribution in [0.1, 0.15) is 48.5 Å². The van der Waals surface area contributed by atoms with Gasteiger partial charge in [0.05, 0.1) is 6.61 Å². The molecule has 0 bridgehead atoms. The van der Waals surface area contributed by atoms with Crippen LogP contribution in [0.4, 0.5) is 5.69 Å². The highest BCUT2D eigenvalue weighted by molar-refractivity contribution is 7.80. The second-order valence-electron chi connectivity index (χ2n) is 6.21. The predicted octanol–water partition coefficient (Wildman–Crippen LogP) is 5.08. The lowest BCUT2D eigenvalue weighted by atomic mass is 10.1. The highest BCUT2D eigenvalue weighted by Gasteiger charge is 2.07. The standard InChI is InChI=1S/C21H26N2O2S/c1-3-4-5-6-15-25-19-13-11-18(12-14-19)22-21(26)23-20(24)17-9-7-16(2)8-10-17/h7-14H,3-6,15H2,1-2H3,(H2,22,23,24,26). The summed E-state index contributed by atoms with van der Waals surface area (Å²) in [6, 6.07) is 14.9. The van der Waals surface area contributed by atoms with Gasteiger partial charge in [0, 0.05) is 11.3 Å². The number of carbonyl (C=O) groups excluding carboxylic acids is 1. The Balaban J connectivity index is 1.78. The van der Waals surface area contributed by atoms with E-state index in [1.54, 1.807) is 12.1 Å². The molecule has 2 rings (SSSR count). The molecule has 0 aliphatic rings. The minimum atomic E-state index is -0.227. The summed E-state index contributed by atoms with van der Waals surface area (Å²) in [5.74, 6) is 0.608. The van der Waals surface area contributed by atoms with Crippen LogP contribution >= 0.6 is 12.2 Å². The van der Waals surface area contributed by atoms with E-state index < -0.39 is 0 Å². The van der Waals surface area contributed by atoms with E-state index >= 15 is 0 Å². The summed E-state index contributed by atoms with van der Waals surface area (Å²) in [6.45, 7) is 4.91. The van der Waals surface area contributed by atoms with Crippen molar-refractivity contribution in [2.75, 3.05) is 11.9 Å². The van der Waals surface area contributed by atoms with Crippen molar-refractivity contribution in [2.45, 2.75) is 39.5 Å². The fourth-order valence-electron chi connectivity index (χ4n) is 2.40. The average Bonchev–Trinajstić information content (AvgIpc) is 2.63. The van der Waals surface area contributed by atoms with E-state index in [9.17, 15) is 4.79 Å². The molecule has 0 aliphatic carbocycles. The van der Waals surface area contributed by atoms with Gasteiger partial charge in [0.1, 0.15) is 5.75 Å². The van der Waals surface area contributed by atoms with Gasteiger partial charge in [-0.1, -0.05) is 43.9 Å². The smallest absolute Gasteiger partial charge is 0.257 e. The lowest BCUT2D eigenvalue weighted by Gasteiger charge is -2.11. The fourth-order valence-corrected chi connectivity index (χ4v) is 2.61. The number of aryl methyl sites for hydroxylation is 1. The van der Waals surface area contributed by atoms with E-state index in [-0.39, 0.29) is 11.0 Å². The second-order valence-corrected chi connectivity index (χ2v) is 6.62. The molecule has 2 aromatic rings. The third-order valence-electron chi connectivity index (χ3n) is 3.92. The van der Waals surface area contributed by atoms with Crippen LogP contribution in [-0.2, 0) is 0 Å². The van der Waals surface area contributed by atoms with Crippen molar-refractivity contribution in [1.29, 1.82) is 0 Å². The van der Waals surface area contributed by atoms with E-state index in [1.807, 2.05) is 43.3 Å². The van der Waals surface area contributed by atoms with Crippen molar-refractivity contribution in [3.63, 3.8) is 0 Å². The summed E-state index contributed by atoms with van der Waals surface area (Å²) in [5, 5.41) is 5.96. The quantitative estimate of drug-likeness (QED) is 0.502. The predicted molar refractivity (Wildman–Crippen MR) is 111 cm³/mol. The normalized spacial score (nSPS) is 10.2. The molecule has 0 heterocycles. The third-order valence-corrected chi connectivity index (χ3v) is 4.12. The molecule has 1 amide bonds. The summed E-state index contributed by atoms with van der Waals surface area (Å²) in [6.07, 6.45) is 4.74. The molecule has 138 valence electrons. The molecule has 0 spiro atoms. The van der Waals surface area contributed by atoms with Crippen LogP contribution in [0.15, 0.2) is 48.5 Å². The summed E-state index contributed by atoms with van der Waals surface area (Å²) in [7, 11) is 0. The first-order valence-electron chi connectivity index (χ1n) is 9.00. The number of nitrogens with one attached hydrogen (secondary N) is 2. The summed E-state index contributed by atoms with van der Waals surface area (Å²) in [5.41, 5.74) is 2.49. The zero-order valence-electron chi connectivity index (χ0n) is 15.4. The third kappa shape index (κ3) is 6.84. The van der Waals surface area contributed by atoms with Crippen molar-refractivity contribution < 1.29 is 9.53 Å². The number of carbonyl (C=O) groups is 1. The highest BCUT2D eigenvalue weighted by Crippen LogP contribution is 2.16. The number of benzene rings is 2. The van der Waals surface area contributed by atoms with E-state index in [0.717, 1.165) is 30.0 Å². The largest absolute Gasteiger partial charge is 0.494 e. The maximum absolute atomic E-state index is 12.1. The molecule has 4 nitrogen and oxygen atoms in total. The first-order valence-corrected chi connectivity index (χ1v) is 9.41. The molecule has 0 fully saturated rings. The Hall–Kier alpha value is -2.40. The van der Waals surface area contributed by atoms with Crippen molar-refractivity contribution in [3.05, 3.63) is 59.7 Å². The van der Waals surface area contributed by atoms with E-state index in [2.05, 4.69) is 17.6 Å². The molecule has 0 aliphatic heterocycles. The maximum atomic E-state index is 12.1. The number of hydrogen-bond acceptors (Lipinski definition) is 3. The number of unbranched alkanes of at least 4 members (excludes halogenated alkanes) is 3. The van der Waals surface area contributed by atoms with E-state index in [0.29, 0.717) is 5.56 Å². The Bertz CT molecular complexity index is 712. The van der Waals surface area contributed by atoms with Crippen LogP contribution in [0.25, 0.3) is 0 Å². The van der Waals surface area contributed by atoms with Crippen molar-refractivity contribution in [2.24, 2.45) is 0 Å². The van der Waals surface area contributed by atoms with Crippen LogP contribution in [0.2, 0.25) is 0 Å². The lowest BCUT2D eigenvalue weighted by Crippen LogP contribution is -2.34. The molecule has 0 unspecified atom stereocenters. The van der Waals surface area contributed by atoms with Crippen LogP contribution in [-0.4, -0.2) is 17.6 Å². The molecule has 0 saturated heterocycles. The zero-order chi connectivity index (χ0) is 18.8. The Morgan fingerprint density at radius 2 is 1.69 bits per heavy atom. The van der Waals surface area contributed by atoms with Crippen LogP contribution < -0.4 is 15.4 Å². The molecule has 5 heteroatoms. The number of amides is 1. The fraction of sp³-hybridized carbons (Fsp3) is 0.333. The monoisotopic (exact) mass is 370 g/mol. The number of rotatable bonds is 8. The van der Waals surface area contributed by atoms with Gasteiger partial charge in [0.2, 0.25) is 0 Å². The van der Waals surface area contributed by atoms with Gasteiger partial charge in [-0.05, 0) is 62.0 Å². The Kier molecular flexibility index (Phi) is 8.09. The lowest BCUT2D eigenvalue weighted by molar-refractivity contribution is 0.0977. The molecule has 0 saturated carbocycles. The van der Waals surface area contributed by atoms with E-state index in [4.69, 9.17) is 17.0 Å². The van der Waals surface area contributed by atoms with E-state index in [1.165, 1.54) is 19.3 Å². The number of ether oxygens (including phenoxy) is 1. The molecular weight excluding hydrogens is 344 g/mol. The molecule has 2 aromatic carbocycles. The van der Waals surface area contributed by atoms with Gasteiger partial charge >= 0.3 is 0 Å². The van der Waals surface area contributed by atoms with Crippen LogP contribution in [0, 0.1) is 6.92 Å². The minimum absolute atomic E-state index is 0.227. The second kappa shape index (κ2) is 10.6. The van der Waals surface area contributed by atoms with Crippen molar-refractivity contribution in [1.82, 2.24) is 5.32 Å². The number of hydrogen-bond donors (Lipinski definition) is 2. The summed E-state index contributed by atoms with van der Waals surface area (Å²) >= 11 is 5.21. The SMILES string of the molecule is CCCCCCOc1ccc(NC(=S)NC(=O)c2ccc(C)cc2)cc1. The van der Waals surface area contributed by atoms with Gasteiger partial charge in [-0.2, -0.15) is 0 Å². The number of thiocarbonyl (C=S) groups is 1. The van der Waals surface area contributed by atoms with Gasteiger partial charge in [0.25, 0.3) is 5.91 Å². The van der Waals surface area contributed by atoms with Crippen molar-refractivity contribution in [3.8, 4) is 5.75 Å². The first-order chi connectivity index (χ1) is 12.6. The van der Waals surface area contributed by atoms with Gasteiger partial charge in [-0.25, -0.2) is 0 Å². The Labute approximate surface area is 161 Å². The Morgan fingerprint density at radius 3 is 2.35 bits per heavy atom. The van der Waals surface area contributed by atoms with Crippen molar-refractivity contribution >= 4 is 28.9 Å². The Morgan fingerprint density at radius 1 is 1.00 bits per heavy atom. The number of anilines is 1. The molecule has 0 radical (unpaired) electrons. The molecule has 0 atom stereocenters. The topological polar surface area (TPSA) is 50.4 Å².